The fourth-order valence-corrected chi connectivity index (χ4v) is 3.14. The van der Waals surface area contributed by atoms with Crippen LogP contribution in [0.3, 0.4) is 0 Å². The van der Waals surface area contributed by atoms with E-state index in [0.717, 1.165) is 34.5 Å². The Labute approximate surface area is 122 Å². The van der Waals surface area contributed by atoms with Gasteiger partial charge in [0.25, 0.3) is 0 Å². The Morgan fingerprint density at radius 3 is 2.90 bits per heavy atom. The molecular formula is C14H18N4OS. The van der Waals surface area contributed by atoms with Crippen LogP contribution in [0.15, 0.2) is 28.5 Å². The summed E-state index contributed by atoms with van der Waals surface area (Å²) in [6.45, 7) is 2.73. The van der Waals surface area contributed by atoms with Gasteiger partial charge in [0.1, 0.15) is 10.9 Å². The molecule has 0 amide bonds. The molecule has 3 heterocycles. The first kappa shape index (κ1) is 13.6. The monoisotopic (exact) mass is 290 g/mol. The zero-order valence-corrected chi connectivity index (χ0v) is 12.3. The summed E-state index contributed by atoms with van der Waals surface area (Å²) in [5.74, 6) is 1.09. The molecular weight excluding hydrogens is 272 g/mol. The summed E-state index contributed by atoms with van der Waals surface area (Å²) in [5, 5.41) is 19.8. The summed E-state index contributed by atoms with van der Waals surface area (Å²) in [6, 6.07) is 3.82. The van der Waals surface area contributed by atoms with Crippen LogP contribution in [0.1, 0.15) is 43.7 Å². The molecule has 0 spiro atoms. The molecule has 6 heteroatoms. The number of aliphatic hydroxyl groups excluding tert-OH is 1. The van der Waals surface area contributed by atoms with Gasteiger partial charge in [-0.25, -0.2) is 4.98 Å². The van der Waals surface area contributed by atoms with Crippen LogP contribution in [-0.2, 0) is 13.0 Å². The van der Waals surface area contributed by atoms with E-state index >= 15 is 0 Å². The van der Waals surface area contributed by atoms with Crippen molar-refractivity contribution in [3.63, 3.8) is 0 Å². The second-order valence-electron chi connectivity index (χ2n) is 5.07. The Bertz CT molecular complexity index is 579. The van der Waals surface area contributed by atoms with Gasteiger partial charge in [0.05, 0.1) is 6.10 Å². The van der Waals surface area contributed by atoms with Crippen LogP contribution < -0.4 is 0 Å². The number of rotatable bonds is 3. The molecule has 106 valence electrons. The fraction of sp³-hybridized carbons (Fsp3) is 0.500. The largest absolute Gasteiger partial charge is 0.389 e. The van der Waals surface area contributed by atoms with E-state index in [2.05, 4.69) is 19.7 Å². The molecule has 2 aromatic rings. The molecule has 1 aliphatic rings. The molecule has 3 rings (SSSR count). The van der Waals surface area contributed by atoms with Crippen molar-refractivity contribution in [3.8, 4) is 0 Å². The normalized spacial score (nSPS) is 16.5. The van der Waals surface area contributed by atoms with E-state index in [-0.39, 0.29) is 0 Å². The van der Waals surface area contributed by atoms with Gasteiger partial charge in [-0.15, -0.1) is 10.2 Å². The van der Waals surface area contributed by atoms with Crippen molar-refractivity contribution in [2.45, 2.75) is 55.4 Å². The van der Waals surface area contributed by atoms with Crippen LogP contribution in [0.4, 0.5) is 0 Å². The molecule has 1 N–H and O–H groups in total. The number of nitrogens with zero attached hydrogens (tertiary/aromatic N) is 4. The Morgan fingerprint density at radius 2 is 2.15 bits per heavy atom. The predicted molar refractivity (Wildman–Crippen MR) is 76.6 cm³/mol. The number of hydrogen-bond donors (Lipinski definition) is 1. The molecule has 2 aromatic heterocycles. The molecule has 0 bridgehead atoms. The summed E-state index contributed by atoms with van der Waals surface area (Å²) in [5.41, 5.74) is 0.828. The quantitative estimate of drug-likeness (QED) is 0.941. The lowest BCUT2D eigenvalue weighted by Crippen LogP contribution is -2.02. The number of fused-ring (bicyclic) bond motifs is 1. The Hall–Kier alpha value is -1.40. The Kier molecular flexibility index (Phi) is 4.03. The maximum atomic E-state index is 9.49. The first-order chi connectivity index (χ1) is 9.74. The number of aryl methyl sites for hydroxylation is 1. The lowest BCUT2D eigenvalue weighted by Gasteiger charge is -2.07. The highest BCUT2D eigenvalue weighted by Gasteiger charge is 2.16. The second kappa shape index (κ2) is 5.93. The van der Waals surface area contributed by atoms with E-state index in [1.165, 1.54) is 31.0 Å². The van der Waals surface area contributed by atoms with E-state index < -0.39 is 6.10 Å². The van der Waals surface area contributed by atoms with Crippen molar-refractivity contribution >= 4 is 11.8 Å². The van der Waals surface area contributed by atoms with E-state index in [1.54, 1.807) is 13.1 Å². The minimum Gasteiger partial charge on any atom is -0.389 e. The highest BCUT2D eigenvalue weighted by molar-refractivity contribution is 7.99. The fourth-order valence-electron chi connectivity index (χ4n) is 2.33. The highest BCUT2D eigenvalue weighted by atomic mass is 32.2. The van der Waals surface area contributed by atoms with Crippen LogP contribution in [0.5, 0.6) is 0 Å². The molecule has 0 aromatic carbocycles. The van der Waals surface area contributed by atoms with Gasteiger partial charge in [-0.05, 0) is 43.2 Å². The Balaban J connectivity index is 1.79. The smallest absolute Gasteiger partial charge is 0.197 e. The first-order valence-electron chi connectivity index (χ1n) is 6.98. The van der Waals surface area contributed by atoms with E-state index in [1.807, 2.05) is 12.1 Å². The van der Waals surface area contributed by atoms with E-state index in [9.17, 15) is 5.11 Å². The number of aromatic nitrogens is 4. The van der Waals surface area contributed by atoms with Gasteiger partial charge in [-0.1, -0.05) is 12.5 Å². The highest BCUT2D eigenvalue weighted by Crippen LogP contribution is 2.27. The average Bonchev–Trinajstić information content (AvgIpc) is 2.69. The minimum atomic E-state index is -0.481. The number of aliphatic hydroxyl groups is 1. The van der Waals surface area contributed by atoms with Gasteiger partial charge in [0.2, 0.25) is 0 Å². The first-order valence-corrected chi connectivity index (χ1v) is 7.79. The van der Waals surface area contributed by atoms with Crippen molar-refractivity contribution in [2.75, 3.05) is 0 Å². The standard InChI is InChI=1S/C14H18N4OS/c1-10(19)11-6-7-13(15-9-11)20-14-17-16-12-5-3-2-4-8-18(12)14/h6-7,9-10,19H,2-5,8H2,1H3/t10-/m0/s1. The van der Waals surface area contributed by atoms with Crippen LogP contribution >= 0.6 is 11.8 Å². The van der Waals surface area contributed by atoms with Crippen molar-refractivity contribution in [1.82, 2.24) is 19.7 Å². The molecule has 5 nitrogen and oxygen atoms in total. The van der Waals surface area contributed by atoms with Gasteiger partial charge in [0.15, 0.2) is 5.16 Å². The van der Waals surface area contributed by atoms with Crippen LogP contribution in [0, 0.1) is 0 Å². The van der Waals surface area contributed by atoms with Crippen molar-refractivity contribution in [1.29, 1.82) is 0 Å². The maximum Gasteiger partial charge on any atom is 0.197 e. The molecule has 0 unspecified atom stereocenters. The summed E-state index contributed by atoms with van der Waals surface area (Å²) in [7, 11) is 0. The third-order valence-electron chi connectivity index (χ3n) is 3.51. The van der Waals surface area contributed by atoms with Crippen molar-refractivity contribution in [3.05, 3.63) is 29.7 Å². The molecule has 0 radical (unpaired) electrons. The van der Waals surface area contributed by atoms with E-state index in [0.29, 0.717) is 0 Å². The van der Waals surface area contributed by atoms with Gasteiger partial charge in [0, 0.05) is 19.2 Å². The number of hydrogen-bond acceptors (Lipinski definition) is 5. The maximum absolute atomic E-state index is 9.49. The molecule has 0 aliphatic carbocycles. The summed E-state index contributed by atoms with van der Waals surface area (Å²) in [6.07, 6.45) is 5.89. The third-order valence-corrected chi connectivity index (χ3v) is 4.45. The number of pyridine rings is 1. The topological polar surface area (TPSA) is 63.8 Å². The molecule has 0 fully saturated rings. The van der Waals surface area contributed by atoms with E-state index in [4.69, 9.17) is 0 Å². The third kappa shape index (κ3) is 2.86. The molecule has 0 saturated carbocycles. The van der Waals surface area contributed by atoms with Crippen LogP contribution in [0.25, 0.3) is 0 Å². The van der Waals surface area contributed by atoms with Gasteiger partial charge in [-0.2, -0.15) is 0 Å². The van der Waals surface area contributed by atoms with Crippen molar-refractivity contribution < 1.29 is 5.11 Å². The summed E-state index contributed by atoms with van der Waals surface area (Å²) >= 11 is 1.54. The van der Waals surface area contributed by atoms with Gasteiger partial charge >= 0.3 is 0 Å². The molecule has 0 saturated heterocycles. The lowest BCUT2D eigenvalue weighted by molar-refractivity contribution is 0.198. The zero-order valence-electron chi connectivity index (χ0n) is 11.5. The lowest BCUT2D eigenvalue weighted by atomic mass is 10.2. The molecule has 1 atom stereocenters. The molecule has 20 heavy (non-hydrogen) atoms. The second-order valence-corrected chi connectivity index (χ2v) is 6.06. The molecule has 1 aliphatic heterocycles. The summed E-state index contributed by atoms with van der Waals surface area (Å²) in [4.78, 5) is 4.37. The van der Waals surface area contributed by atoms with Crippen LogP contribution in [-0.4, -0.2) is 24.9 Å². The SMILES string of the molecule is C[C@H](O)c1ccc(Sc2nnc3n2CCCCC3)nc1. The van der Waals surface area contributed by atoms with Gasteiger partial charge < -0.3 is 9.67 Å². The minimum absolute atomic E-state index is 0.481. The average molecular weight is 290 g/mol. The van der Waals surface area contributed by atoms with Crippen LogP contribution in [0.2, 0.25) is 0 Å². The summed E-state index contributed by atoms with van der Waals surface area (Å²) < 4.78 is 2.21. The van der Waals surface area contributed by atoms with Crippen molar-refractivity contribution in [2.24, 2.45) is 0 Å². The zero-order chi connectivity index (χ0) is 13.9. The predicted octanol–water partition coefficient (Wildman–Crippen LogP) is 2.60. The Morgan fingerprint density at radius 1 is 1.25 bits per heavy atom. The van der Waals surface area contributed by atoms with Gasteiger partial charge in [-0.3, -0.25) is 0 Å².